The van der Waals surface area contributed by atoms with Crippen molar-refractivity contribution in [1.29, 1.82) is 0 Å². The van der Waals surface area contributed by atoms with Crippen molar-refractivity contribution in [3.05, 3.63) is 0 Å². The maximum atomic E-state index is 12.2. The van der Waals surface area contributed by atoms with Crippen molar-refractivity contribution in [2.45, 2.75) is 138 Å². The van der Waals surface area contributed by atoms with Gasteiger partial charge in [-0.2, -0.15) is 0 Å². The molecule has 4 aliphatic rings. The van der Waals surface area contributed by atoms with E-state index in [2.05, 4.69) is 41.5 Å². The highest BCUT2D eigenvalue weighted by Crippen LogP contribution is 2.68. The molecule has 0 saturated heterocycles. The third-order valence-corrected chi connectivity index (χ3v) is 12.7. The highest BCUT2D eigenvalue weighted by atomic mass is 16.5. The summed E-state index contributed by atoms with van der Waals surface area (Å²) >= 11 is 0. The lowest BCUT2D eigenvalue weighted by molar-refractivity contribution is -0.164. The molecular weight excluding hydrogens is 460 g/mol. The van der Waals surface area contributed by atoms with Crippen LogP contribution in [0.2, 0.25) is 0 Å². The van der Waals surface area contributed by atoms with E-state index in [0.717, 1.165) is 60.7 Å². The number of esters is 1. The van der Waals surface area contributed by atoms with Crippen LogP contribution < -0.4 is 0 Å². The lowest BCUT2D eigenvalue weighted by Crippen LogP contribution is -2.54. The van der Waals surface area contributed by atoms with Gasteiger partial charge in [0, 0.05) is 0 Å². The fraction of sp³-hybridized carbons (Fsp3) is 0.939. The Labute approximate surface area is 227 Å². The van der Waals surface area contributed by atoms with Crippen LogP contribution in [0.4, 0.5) is 0 Å². The van der Waals surface area contributed by atoms with E-state index in [1.54, 1.807) is 0 Å². The maximum absolute atomic E-state index is 12.2. The van der Waals surface area contributed by atoms with E-state index in [-0.39, 0.29) is 24.9 Å². The molecule has 0 aliphatic heterocycles. The molecule has 10 atom stereocenters. The number of rotatable bonds is 10. The third-order valence-electron chi connectivity index (χ3n) is 12.7. The summed E-state index contributed by atoms with van der Waals surface area (Å²) in [7, 11) is 0. The number of fused-ring (bicyclic) bond motifs is 5. The van der Waals surface area contributed by atoms with Gasteiger partial charge in [0.25, 0.3) is 0 Å². The summed E-state index contributed by atoms with van der Waals surface area (Å²) in [5.74, 6) is 5.41. The molecule has 0 spiro atoms. The van der Waals surface area contributed by atoms with Crippen LogP contribution in [0.15, 0.2) is 0 Å². The highest BCUT2D eigenvalue weighted by molar-refractivity contribution is 5.76. The summed E-state index contributed by atoms with van der Waals surface area (Å²) in [5, 5.41) is 8.87. The topological polar surface area (TPSA) is 63.6 Å². The molecule has 0 amide bonds. The number of carbonyl (C=O) groups is 2. The summed E-state index contributed by atoms with van der Waals surface area (Å²) < 4.78 is 5.76. The van der Waals surface area contributed by atoms with Crippen LogP contribution in [0, 0.1) is 58.2 Å². The zero-order valence-corrected chi connectivity index (χ0v) is 24.8. The maximum Gasteiger partial charge on any atom is 0.306 e. The van der Waals surface area contributed by atoms with Gasteiger partial charge in [-0.1, -0.05) is 54.4 Å². The molecule has 4 rings (SSSR count). The normalized spacial score (nSPS) is 40.8. The Balaban J connectivity index is 1.37. The molecule has 4 nitrogen and oxygen atoms in total. The number of carbonyl (C=O) groups excluding carboxylic acids is 1. The summed E-state index contributed by atoms with van der Waals surface area (Å²) in [5.41, 5.74) is 0.906. The third kappa shape index (κ3) is 5.79. The van der Waals surface area contributed by atoms with Gasteiger partial charge >= 0.3 is 11.9 Å². The monoisotopic (exact) mass is 516 g/mol. The molecular formula is C33H56O4. The summed E-state index contributed by atoms with van der Waals surface area (Å²) in [6, 6.07) is 0. The summed E-state index contributed by atoms with van der Waals surface area (Å²) in [6.45, 7) is 15.0. The van der Waals surface area contributed by atoms with E-state index in [1.807, 2.05) is 0 Å². The molecule has 1 N–H and O–H groups in total. The quantitative estimate of drug-likeness (QED) is 0.296. The Morgan fingerprint density at radius 2 is 1.59 bits per heavy atom. The summed E-state index contributed by atoms with van der Waals surface area (Å²) in [6.07, 6.45) is 15.4. The fourth-order valence-electron chi connectivity index (χ4n) is 10.4. The number of aliphatic carboxylic acids is 1. The minimum absolute atomic E-state index is 0.00507. The van der Waals surface area contributed by atoms with Crippen molar-refractivity contribution in [2.75, 3.05) is 0 Å². The SMILES string of the molecule is CCC(CCC(C)C1CCC2C3CCC4CC(OC(=O)CCC(=O)O)CCC4(C)C3CCC12C)C(C)C. The molecule has 0 radical (unpaired) electrons. The molecule has 0 aromatic carbocycles. The van der Waals surface area contributed by atoms with E-state index in [1.165, 1.54) is 57.8 Å². The first-order valence-electron chi connectivity index (χ1n) is 15.9. The van der Waals surface area contributed by atoms with Crippen LogP contribution in [0.5, 0.6) is 0 Å². The Hall–Kier alpha value is -1.06. The second kappa shape index (κ2) is 11.6. The van der Waals surface area contributed by atoms with Gasteiger partial charge in [-0.3, -0.25) is 9.59 Å². The number of hydrogen-bond acceptors (Lipinski definition) is 3. The van der Waals surface area contributed by atoms with Gasteiger partial charge in [0.2, 0.25) is 0 Å². The van der Waals surface area contributed by atoms with Crippen molar-refractivity contribution in [1.82, 2.24) is 0 Å². The van der Waals surface area contributed by atoms with E-state index >= 15 is 0 Å². The van der Waals surface area contributed by atoms with Crippen molar-refractivity contribution in [3.8, 4) is 0 Å². The molecule has 37 heavy (non-hydrogen) atoms. The predicted octanol–water partition coefficient (Wildman–Crippen LogP) is 8.52. The molecule has 4 fully saturated rings. The van der Waals surface area contributed by atoms with Crippen LogP contribution in [-0.4, -0.2) is 23.1 Å². The Morgan fingerprint density at radius 3 is 2.27 bits per heavy atom. The molecule has 212 valence electrons. The smallest absolute Gasteiger partial charge is 0.306 e. The number of ether oxygens (including phenoxy) is 1. The van der Waals surface area contributed by atoms with Crippen LogP contribution >= 0.6 is 0 Å². The molecule has 4 heteroatoms. The van der Waals surface area contributed by atoms with E-state index in [0.29, 0.717) is 16.7 Å². The first kappa shape index (κ1) is 28.9. The van der Waals surface area contributed by atoms with E-state index < -0.39 is 5.97 Å². The van der Waals surface area contributed by atoms with E-state index in [4.69, 9.17) is 9.84 Å². The molecule has 4 saturated carbocycles. The molecule has 0 aromatic rings. The lowest BCUT2D eigenvalue weighted by Gasteiger charge is -2.61. The van der Waals surface area contributed by atoms with Crippen molar-refractivity contribution in [2.24, 2.45) is 58.2 Å². The zero-order chi connectivity index (χ0) is 27.0. The number of carboxylic acid groups (broad SMARTS) is 1. The van der Waals surface area contributed by atoms with Crippen molar-refractivity contribution < 1.29 is 19.4 Å². The largest absolute Gasteiger partial charge is 0.481 e. The van der Waals surface area contributed by atoms with Gasteiger partial charge in [0.05, 0.1) is 12.8 Å². The van der Waals surface area contributed by atoms with Crippen molar-refractivity contribution in [3.63, 3.8) is 0 Å². The van der Waals surface area contributed by atoms with Crippen LogP contribution in [0.25, 0.3) is 0 Å². The minimum Gasteiger partial charge on any atom is -0.481 e. The molecule has 10 unspecified atom stereocenters. The Bertz CT molecular complexity index is 806. The molecule has 0 heterocycles. The average molecular weight is 517 g/mol. The Kier molecular flexibility index (Phi) is 9.06. The second-order valence-corrected chi connectivity index (χ2v) is 14.6. The van der Waals surface area contributed by atoms with Gasteiger partial charge in [0.1, 0.15) is 6.10 Å². The Morgan fingerprint density at radius 1 is 0.892 bits per heavy atom. The van der Waals surface area contributed by atoms with Crippen molar-refractivity contribution >= 4 is 11.9 Å². The van der Waals surface area contributed by atoms with Gasteiger partial charge in [-0.05, 0) is 122 Å². The summed E-state index contributed by atoms with van der Waals surface area (Å²) in [4.78, 5) is 23.0. The number of hydrogen-bond donors (Lipinski definition) is 1. The second-order valence-electron chi connectivity index (χ2n) is 14.6. The molecule has 4 aliphatic carbocycles. The van der Waals surface area contributed by atoms with Crippen LogP contribution in [-0.2, 0) is 14.3 Å². The standard InChI is InChI=1S/C33H56O4/c1-7-23(21(2)3)9-8-22(4)27-12-13-28-26-11-10-24-20-25(37-31(36)15-14-30(34)35)16-18-32(24,5)29(26)17-19-33(27,28)6/h21-29H,7-20H2,1-6H3,(H,34,35). The van der Waals surface area contributed by atoms with Gasteiger partial charge < -0.3 is 9.84 Å². The minimum atomic E-state index is -0.931. The molecule has 0 aromatic heterocycles. The van der Waals surface area contributed by atoms with Crippen LogP contribution in [0.3, 0.4) is 0 Å². The van der Waals surface area contributed by atoms with Gasteiger partial charge in [-0.15, -0.1) is 0 Å². The first-order valence-corrected chi connectivity index (χ1v) is 15.9. The lowest BCUT2D eigenvalue weighted by atomic mass is 9.44. The molecule has 0 bridgehead atoms. The zero-order valence-electron chi connectivity index (χ0n) is 24.8. The van der Waals surface area contributed by atoms with E-state index in [9.17, 15) is 9.59 Å². The van der Waals surface area contributed by atoms with Gasteiger partial charge in [0.15, 0.2) is 0 Å². The van der Waals surface area contributed by atoms with Gasteiger partial charge in [-0.25, -0.2) is 0 Å². The van der Waals surface area contributed by atoms with Crippen LogP contribution in [0.1, 0.15) is 131 Å². The number of carboxylic acids is 1. The predicted molar refractivity (Wildman–Crippen MR) is 149 cm³/mol. The highest BCUT2D eigenvalue weighted by Gasteiger charge is 2.60. The average Bonchev–Trinajstić information content (AvgIpc) is 3.20. The first-order chi connectivity index (χ1) is 17.5. The fourth-order valence-corrected chi connectivity index (χ4v) is 10.4.